The Bertz CT molecular complexity index is 1200. The molecule has 8 nitrogen and oxygen atoms in total. The first-order chi connectivity index (χ1) is 14.7. The van der Waals surface area contributed by atoms with Crippen molar-refractivity contribution in [3.8, 4) is 17.2 Å². The Hall–Kier alpha value is -3.60. The lowest BCUT2D eigenvalue weighted by atomic mass is 9.93. The van der Waals surface area contributed by atoms with E-state index in [-0.39, 0.29) is 17.6 Å². The molecule has 1 aliphatic heterocycles. The average molecular weight is 419 g/mol. The third-order valence-corrected chi connectivity index (χ3v) is 5.42. The fraction of sp³-hybridized carbons (Fsp3) is 0.391. The highest BCUT2D eigenvalue weighted by atomic mass is 16.6. The molecule has 1 aromatic carbocycles. The largest absolute Gasteiger partial charge is 0.444 e. The molecule has 8 heteroatoms. The van der Waals surface area contributed by atoms with Crippen LogP contribution in [0.3, 0.4) is 0 Å². The van der Waals surface area contributed by atoms with Crippen molar-refractivity contribution >= 4 is 11.7 Å². The summed E-state index contributed by atoms with van der Waals surface area (Å²) >= 11 is 0. The molecule has 0 bridgehead atoms. The highest BCUT2D eigenvalue weighted by molar-refractivity contribution is 5.77. The maximum absolute atomic E-state index is 12.4. The molecule has 1 saturated heterocycles. The van der Waals surface area contributed by atoms with Crippen LogP contribution in [0.15, 0.2) is 41.3 Å². The summed E-state index contributed by atoms with van der Waals surface area (Å²) in [6.07, 6.45) is 2.88. The molecule has 0 radical (unpaired) electrons. The van der Waals surface area contributed by atoms with E-state index in [0.29, 0.717) is 24.3 Å². The highest BCUT2D eigenvalue weighted by Gasteiger charge is 2.29. The van der Waals surface area contributed by atoms with Gasteiger partial charge in [-0.15, -0.1) is 0 Å². The highest BCUT2D eigenvalue weighted by Crippen LogP contribution is 2.30. The molecule has 1 amide bonds. The Kier molecular flexibility index (Phi) is 5.27. The Morgan fingerprint density at radius 3 is 2.52 bits per heavy atom. The SMILES string of the molecule is CC(C)(C)OC(=O)N1CCC(c2cc(=O)[nH]c3c(-c4ccc(C#N)cc4)cnn23)CC1. The Morgan fingerprint density at radius 1 is 1.23 bits per heavy atom. The van der Waals surface area contributed by atoms with Crippen LogP contribution in [-0.4, -0.2) is 44.3 Å². The van der Waals surface area contributed by atoms with Gasteiger partial charge < -0.3 is 14.6 Å². The van der Waals surface area contributed by atoms with Crippen molar-refractivity contribution in [2.45, 2.75) is 45.1 Å². The zero-order valence-corrected chi connectivity index (χ0v) is 17.9. The molecule has 160 valence electrons. The third-order valence-electron chi connectivity index (χ3n) is 5.42. The molecule has 0 saturated carbocycles. The second-order valence-electron chi connectivity index (χ2n) is 8.81. The van der Waals surface area contributed by atoms with Crippen molar-refractivity contribution < 1.29 is 9.53 Å². The number of hydrogen-bond donors (Lipinski definition) is 1. The number of fused-ring (bicyclic) bond motifs is 1. The van der Waals surface area contributed by atoms with E-state index in [1.54, 1.807) is 33.8 Å². The number of benzene rings is 1. The van der Waals surface area contributed by atoms with Gasteiger partial charge in [-0.3, -0.25) is 4.79 Å². The number of rotatable bonds is 2. The van der Waals surface area contributed by atoms with Crippen molar-refractivity contribution in [3.63, 3.8) is 0 Å². The molecule has 1 fully saturated rings. The summed E-state index contributed by atoms with van der Waals surface area (Å²) in [5.41, 5.74) is 3.00. The van der Waals surface area contributed by atoms with Gasteiger partial charge in [0, 0.05) is 30.6 Å². The van der Waals surface area contributed by atoms with E-state index >= 15 is 0 Å². The molecule has 3 aromatic rings. The van der Waals surface area contributed by atoms with Crippen molar-refractivity contribution in [2.75, 3.05) is 13.1 Å². The van der Waals surface area contributed by atoms with Crippen LogP contribution >= 0.6 is 0 Å². The van der Waals surface area contributed by atoms with Crippen LogP contribution in [0, 0.1) is 11.3 Å². The topological polar surface area (TPSA) is 103 Å². The third kappa shape index (κ3) is 4.31. The number of nitrogens with one attached hydrogen (secondary N) is 1. The number of nitriles is 1. The monoisotopic (exact) mass is 419 g/mol. The standard InChI is InChI=1S/C23H25N5O3/c1-23(2,3)31-22(30)27-10-8-17(9-11-27)19-12-20(29)26-21-18(14-25-28(19)21)16-6-4-15(13-24)5-7-16/h4-7,12,14,17H,8-11H2,1-3H3,(H,26,29). The zero-order chi connectivity index (χ0) is 22.2. The minimum atomic E-state index is -0.524. The van der Waals surface area contributed by atoms with Gasteiger partial charge in [0.2, 0.25) is 0 Å². The Balaban J connectivity index is 1.59. The minimum Gasteiger partial charge on any atom is -0.444 e. The summed E-state index contributed by atoms with van der Waals surface area (Å²) in [6.45, 7) is 6.70. The lowest BCUT2D eigenvalue weighted by molar-refractivity contribution is 0.0203. The van der Waals surface area contributed by atoms with Gasteiger partial charge in [0.1, 0.15) is 11.2 Å². The van der Waals surface area contributed by atoms with E-state index in [2.05, 4.69) is 16.2 Å². The van der Waals surface area contributed by atoms with Gasteiger partial charge in [0.15, 0.2) is 0 Å². The molecule has 0 unspecified atom stereocenters. The molecule has 31 heavy (non-hydrogen) atoms. The van der Waals surface area contributed by atoms with Gasteiger partial charge in [-0.25, -0.2) is 9.31 Å². The number of aromatic amines is 1. The first kappa shape index (κ1) is 20.7. The molecule has 3 heterocycles. The van der Waals surface area contributed by atoms with Crippen LogP contribution < -0.4 is 5.56 Å². The fourth-order valence-electron chi connectivity index (χ4n) is 3.92. The van der Waals surface area contributed by atoms with Gasteiger partial charge in [-0.1, -0.05) is 12.1 Å². The quantitative estimate of drug-likeness (QED) is 0.682. The van der Waals surface area contributed by atoms with Crippen molar-refractivity contribution in [3.05, 3.63) is 58.1 Å². The number of piperidine rings is 1. The van der Waals surface area contributed by atoms with E-state index in [1.165, 1.54) is 0 Å². The molecule has 0 spiro atoms. The van der Waals surface area contributed by atoms with Crippen LogP contribution in [-0.2, 0) is 4.74 Å². The number of likely N-dealkylation sites (tertiary alicyclic amines) is 1. The Morgan fingerprint density at radius 2 is 1.90 bits per heavy atom. The molecule has 1 N–H and O–H groups in total. The average Bonchev–Trinajstić information content (AvgIpc) is 3.16. The molecule has 0 atom stereocenters. The smallest absolute Gasteiger partial charge is 0.410 e. The van der Waals surface area contributed by atoms with E-state index in [9.17, 15) is 9.59 Å². The summed E-state index contributed by atoms with van der Waals surface area (Å²) in [5, 5.41) is 13.5. The Labute approximate surface area is 180 Å². The summed E-state index contributed by atoms with van der Waals surface area (Å²) in [6, 6.07) is 10.9. The van der Waals surface area contributed by atoms with Crippen molar-refractivity contribution in [2.24, 2.45) is 0 Å². The zero-order valence-electron chi connectivity index (χ0n) is 17.9. The minimum absolute atomic E-state index is 0.109. The predicted octanol–water partition coefficient (Wildman–Crippen LogP) is 3.68. The van der Waals surface area contributed by atoms with Crippen LogP contribution in [0.5, 0.6) is 0 Å². The number of ether oxygens (including phenoxy) is 1. The molecule has 2 aromatic heterocycles. The summed E-state index contributed by atoms with van der Waals surface area (Å²) in [7, 11) is 0. The van der Waals surface area contributed by atoms with Crippen LogP contribution in [0.2, 0.25) is 0 Å². The number of carbonyl (C=O) groups excluding carboxylic acids is 1. The maximum atomic E-state index is 12.4. The molecular formula is C23H25N5O3. The van der Waals surface area contributed by atoms with E-state index in [0.717, 1.165) is 29.7 Å². The number of carbonyl (C=O) groups is 1. The number of hydrogen-bond acceptors (Lipinski definition) is 5. The van der Waals surface area contributed by atoms with Gasteiger partial charge in [0.25, 0.3) is 5.56 Å². The van der Waals surface area contributed by atoms with E-state index < -0.39 is 5.60 Å². The summed E-state index contributed by atoms with van der Waals surface area (Å²) in [4.78, 5) is 29.4. The molecule has 4 rings (SSSR count). The number of aromatic nitrogens is 3. The number of amides is 1. The lowest BCUT2D eigenvalue weighted by Crippen LogP contribution is -2.41. The number of nitrogens with zero attached hydrogens (tertiary/aromatic N) is 4. The first-order valence-corrected chi connectivity index (χ1v) is 10.3. The van der Waals surface area contributed by atoms with E-state index in [4.69, 9.17) is 10.00 Å². The normalized spacial score (nSPS) is 15.1. The molecule has 1 aliphatic rings. The molecule has 0 aliphatic carbocycles. The van der Waals surface area contributed by atoms with Crippen molar-refractivity contribution in [1.29, 1.82) is 5.26 Å². The van der Waals surface area contributed by atoms with Gasteiger partial charge >= 0.3 is 6.09 Å². The second kappa shape index (κ2) is 7.91. The second-order valence-corrected chi connectivity index (χ2v) is 8.81. The molecular weight excluding hydrogens is 394 g/mol. The van der Waals surface area contributed by atoms with Crippen molar-refractivity contribution in [1.82, 2.24) is 19.5 Å². The summed E-state index contributed by atoms with van der Waals surface area (Å²) < 4.78 is 7.25. The maximum Gasteiger partial charge on any atom is 0.410 e. The van der Waals surface area contributed by atoms with Gasteiger partial charge in [-0.05, 0) is 51.3 Å². The summed E-state index contributed by atoms with van der Waals surface area (Å²) in [5.74, 6) is 0.109. The fourth-order valence-corrected chi connectivity index (χ4v) is 3.92. The van der Waals surface area contributed by atoms with Crippen LogP contribution in [0.25, 0.3) is 16.8 Å². The van der Waals surface area contributed by atoms with E-state index in [1.807, 2.05) is 32.9 Å². The van der Waals surface area contributed by atoms with Gasteiger partial charge in [-0.2, -0.15) is 10.4 Å². The van der Waals surface area contributed by atoms with Crippen LogP contribution in [0.4, 0.5) is 4.79 Å². The van der Waals surface area contributed by atoms with Gasteiger partial charge in [0.05, 0.1) is 23.5 Å². The first-order valence-electron chi connectivity index (χ1n) is 10.3. The number of H-pyrrole nitrogens is 1. The predicted molar refractivity (Wildman–Crippen MR) is 116 cm³/mol. The van der Waals surface area contributed by atoms with Crippen LogP contribution in [0.1, 0.15) is 50.8 Å². The lowest BCUT2D eigenvalue weighted by Gasteiger charge is -2.33.